The van der Waals surface area contributed by atoms with Gasteiger partial charge in [-0.2, -0.15) is 4.31 Å². The summed E-state index contributed by atoms with van der Waals surface area (Å²) in [5.74, 6) is 0.715. The van der Waals surface area contributed by atoms with E-state index in [4.69, 9.17) is 4.42 Å². The molecule has 9 heteroatoms. The van der Waals surface area contributed by atoms with Crippen molar-refractivity contribution < 1.29 is 17.6 Å². The highest BCUT2D eigenvalue weighted by molar-refractivity contribution is 7.89. The Morgan fingerprint density at radius 1 is 1.08 bits per heavy atom. The molecule has 1 aromatic heterocycles. The van der Waals surface area contributed by atoms with Gasteiger partial charge in [0.05, 0.1) is 4.90 Å². The Kier molecular flexibility index (Phi) is 4.28. The Morgan fingerprint density at radius 2 is 1.73 bits per heavy atom. The molecule has 0 radical (unpaired) electrons. The molecule has 1 saturated carbocycles. The van der Waals surface area contributed by atoms with E-state index in [1.165, 1.54) is 16.4 Å². The molecule has 0 atom stereocenters. The van der Waals surface area contributed by atoms with Gasteiger partial charge < -0.3 is 9.32 Å². The summed E-state index contributed by atoms with van der Waals surface area (Å²) in [6.45, 7) is 3.37. The zero-order chi connectivity index (χ0) is 18.3. The summed E-state index contributed by atoms with van der Waals surface area (Å²) in [5, 5.41) is 7.77. The predicted molar refractivity (Wildman–Crippen MR) is 93.5 cm³/mol. The number of piperazine rings is 1. The normalized spacial score (nSPS) is 18.9. The number of aryl methyl sites for hydroxylation is 1. The molecule has 138 valence electrons. The largest absolute Gasteiger partial charge is 0.408 e. The van der Waals surface area contributed by atoms with E-state index < -0.39 is 10.0 Å². The second kappa shape index (κ2) is 6.48. The van der Waals surface area contributed by atoms with Gasteiger partial charge >= 0.3 is 6.01 Å². The van der Waals surface area contributed by atoms with Crippen molar-refractivity contribution in [2.24, 2.45) is 5.92 Å². The second-order valence-corrected chi connectivity index (χ2v) is 8.60. The van der Waals surface area contributed by atoms with E-state index in [0.29, 0.717) is 43.6 Å². The highest BCUT2D eigenvalue weighted by atomic mass is 32.2. The minimum atomic E-state index is -3.58. The monoisotopic (exact) mass is 376 g/mol. The van der Waals surface area contributed by atoms with Crippen molar-refractivity contribution in [3.63, 3.8) is 0 Å². The number of hydrogen-bond donors (Lipinski definition) is 0. The van der Waals surface area contributed by atoms with Crippen molar-refractivity contribution in [1.29, 1.82) is 0 Å². The topological polar surface area (TPSA) is 96.6 Å². The molecule has 26 heavy (non-hydrogen) atoms. The van der Waals surface area contributed by atoms with Gasteiger partial charge in [-0.3, -0.25) is 4.79 Å². The van der Waals surface area contributed by atoms with E-state index in [1.807, 2.05) is 4.90 Å². The van der Waals surface area contributed by atoms with Gasteiger partial charge in [0.2, 0.25) is 15.9 Å². The van der Waals surface area contributed by atoms with Crippen LogP contribution in [0.1, 0.15) is 29.1 Å². The molecular weight excluding hydrogens is 356 g/mol. The summed E-state index contributed by atoms with van der Waals surface area (Å²) >= 11 is 0. The summed E-state index contributed by atoms with van der Waals surface area (Å²) in [6.07, 6.45) is 1.87. The first-order valence-electron chi connectivity index (χ1n) is 8.64. The molecule has 0 spiro atoms. The molecule has 2 fully saturated rings. The lowest BCUT2D eigenvalue weighted by molar-refractivity contribution is 0.0967. The van der Waals surface area contributed by atoms with Gasteiger partial charge in [-0.25, -0.2) is 8.42 Å². The van der Waals surface area contributed by atoms with Gasteiger partial charge in [0.1, 0.15) is 0 Å². The number of aromatic nitrogens is 2. The molecular formula is C17H20N4O4S. The van der Waals surface area contributed by atoms with Crippen LogP contribution in [0.25, 0.3) is 0 Å². The van der Waals surface area contributed by atoms with Gasteiger partial charge in [-0.1, -0.05) is 17.2 Å². The molecule has 0 amide bonds. The van der Waals surface area contributed by atoms with Crippen LogP contribution >= 0.6 is 0 Å². The Hall–Kier alpha value is -2.26. The van der Waals surface area contributed by atoms with Gasteiger partial charge in [0, 0.05) is 44.6 Å². The molecule has 1 aromatic carbocycles. The zero-order valence-electron chi connectivity index (χ0n) is 14.5. The van der Waals surface area contributed by atoms with Crippen LogP contribution in [0.3, 0.4) is 0 Å². The van der Waals surface area contributed by atoms with Crippen molar-refractivity contribution >= 4 is 21.8 Å². The van der Waals surface area contributed by atoms with Crippen LogP contribution in [0.15, 0.2) is 33.6 Å². The lowest BCUT2D eigenvalue weighted by atomic mass is 10.1. The van der Waals surface area contributed by atoms with Gasteiger partial charge in [0.15, 0.2) is 5.78 Å². The molecule has 2 heterocycles. The van der Waals surface area contributed by atoms with Crippen molar-refractivity contribution in [2.45, 2.75) is 24.7 Å². The fourth-order valence-electron chi connectivity index (χ4n) is 3.06. The number of anilines is 1. The van der Waals surface area contributed by atoms with Crippen LogP contribution in [-0.2, 0) is 10.0 Å². The third-order valence-electron chi connectivity index (χ3n) is 4.75. The molecule has 2 aliphatic rings. The van der Waals surface area contributed by atoms with E-state index in [1.54, 1.807) is 19.1 Å². The molecule has 1 saturated heterocycles. The van der Waals surface area contributed by atoms with Gasteiger partial charge in [0.25, 0.3) is 0 Å². The molecule has 2 aromatic rings. The average molecular weight is 376 g/mol. The summed E-state index contributed by atoms with van der Waals surface area (Å²) in [4.78, 5) is 14.2. The first kappa shape index (κ1) is 17.2. The third kappa shape index (κ3) is 3.24. The van der Waals surface area contributed by atoms with Crippen LogP contribution in [0.4, 0.5) is 6.01 Å². The number of sulfonamides is 1. The summed E-state index contributed by atoms with van der Waals surface area (Å²) in [7, 11) is -3.58. The number of nitrogens with zero attached hydrogens (tertiary/aromatic N) is 4. The lowest BCUT2D eigenvalue weighted by Gasteiger charge is -2.32. The van der Waals surface area contributed by atoms with Crippen molar-refractivity contribution in [1.82, 2.24) is 14.5 Å². The number of hydrogen-bond acceptors (Lipinski definition) is 7. The van der Waals surface area contributed by atoms with Gasteiger partial charge in [-0.05, 0) is 25.0 Å². The predicted octanol–water partition coefficient (Wildman–Crippen LogP) is 1.48. The first-order valence-corrected chi connectivity index (χ1v) is 10.1. The van der Waals surface area contributed by atoms with Crippen LogP contribution in [0.2, 0.25) is 0 Å². The van der Waals surface area contributed by atoms with E-state index >= 15 is 0 Å². The Balaban J connectivity index is 1.44. The minimum absolute atomic E-state index is 0.109. The maximum absolute atomic E-state index is 12.8. The van der Waals surface area contributed by atoms with Gasteiger partial charge in [-0.15, -0.1) is 5.10 Å². The minimum Gasteiger partial charge on any atom is -0.408 e. The maximum Gasteiger partial charge on any atom is 0.318 e. The van der Waals surface area contributed by atoms with Crippen molar-refractivity contribution in [3.05, 3.63) is 35.7 Å². The quantitative estimate of drug-likeness (QED) is 0.729. The number of carbonyl (C=O) groups excluding carboxylic acids is 1. The van der Waals surface area contributed by atoms with E-state index in [9.17, 15) is 13.2 Å². The number of ketones is 1. The molecule has 4 rings (SSSR count). The summed E-state index contributed by atoms with van der Waals surface area (Å²) < 4.78 is 32.5. The number of benzene rings is 1. The molecule has 1 aliphatic heterocycles. The van der Waals surface area contributed by atoms with Crippen LogP contribution < -0.4 is 4.90 Å². The Morgan fingerprint density at radius 3 is 2.27 bits per heavy atom. The molecule has 0 unspecified atom stereocenters. The van der Waals surface area contributed by atoms with Crippen molar-refractivity contribution in [3.8, 4) is 0 Å². The first-order chi connectivity index (χ1) is 12.4. The molecule has 0 N–H and O–H groups in total. The summed E-state index contributed by atoms with van der Waals surface area (Å²) in [6, 6.07) is 6.70. The maximum atomic E-state index is 12.8. The Labute approximate surface area is 151 Å². The number of rotatable bonds is 5. The fraction of sp³-hybridized carbons (Fsp3) is 0.471. The van der Waals surface area contributed by atoms with E-state index in [-0.39, 0.29) is 16.6 Å². The standard InChI is InChI=1S/C17H20N4O4S/c1-12-18-19-17(25-12)20-8-10-21(11-9-20)26(23,24)15-6-4-14(5-7-15)16(22)13-2-3-13/h4-7,13H,2-3,8-11H2,1H3. The zero-order valence-corrected chi connectivity index (χ0v) is 15.3. The Bertz CT molecular complexity index is 910. The highest BCUT2D eigenvalue weighted by Crippen LogP contribution is 2.33. The average Bonchev–Trinajstić information content (AvgIpc) is 3.42. The smallest absolute Gasteiger partial charge is 0.318 e. The summed E-state index contributed by atoms with van der Waals surface area (Å²) in [5.41, 5.74) is 0.586. The molecule has 0 bridgehead atoms. The van der Waals surface area contributed by atoms with Crippen LogP contribution in [0.5, 0.6) is 0 Å². The van der Waals surface area contributed by atoms with Crippen molar-refractivity contribution in [2.75, 3.05) is 31.1 Å². The fourth-order valence-corrected chi connectivity index (χ4v) is 4.48. The number of carbonyl (C=O) groups is 1. The third-order valence-corrected chi connectivity index (χ3v) is 6.66. The SMILES string of the molecule is Cc1nnc(N2CCN(S(=O)(=O)c3ccc(C(=O)C4CC4)cc3)CC2)o1. The highest BCUT2D eigenvalue weighted by Gasteiger charge is 2.32. The van der Waals surface area contributed by atoms with E-state index in [2.05, 4.69) is 10.2 Å². The van der Waals surface area contributed by atoms with Crippen LogP contribution in [-0.4, -0.2) is 54.9 Å². The molecule has 8 nitrogen and oxygen atoms in total. The molecule has 1 aliphatic carbocycles. The lowest BCUT2D eigenvalue weighted by Crippen LogP contribution is -2.48. The second-order valence-electron chi connectivity index (χ2n) is 6.66. The number of Topliss-reactive ketones (excluding diaryl/α,β-unsaturated/α-hetero) is 1. The van der Waals surface area contributed by atoms with E-state index in [0.717, 1.165) is 12.8 Å². The van der Waals surface area contributed by atoms with Crippen LogP contribution in [0, 0.1) is 12.8 Å².